The minimum absolute atomic E-state index is 0.00880. The van der Waals surface area contributed by atoms with Crippen LogP contribution in [0.5, 0.6) is 0 Å². The molecule has 0 heterocycles. The Morgan fingerprint density at radius 1 is 1.57 bits per heavy atom. The maximum absolute atomic E-state index is 13.3. The third-order valence-electron chi connectivity index (χ3n) is 1.97. The SMILES string of the molecule is C=C(Br)CNC(C)c1ccccc1F. The number of halogens is 2. The van der Waals surface area contributed by atoms with Crippen LogP contribution in [0.25, 0.3) is 0 Å². The molecule has 3 heteroatoms. The molecule has 1 N–H and O–H groups in total. The lowest BCUT2D eigenvalue weighted by Crippen LogP contribution is -2.20. The Balaban J connectivity index is 2.65. The van der Waals surface area contributed by atoms with Gasteiger partial charge in [0.2, 0.25) is 0 Å². The van der Waals surface area contributed by atoms with Crippen molar-refractivity contribution in [2.24, 2.45) is 0 Å². The molecule has 0 saturated carbocycles. The van der Waals surface area contributed by atoms with Crippen LogP contribution in [0.15, 0.2) is 35.3 Å². The fourth-order valence-corrected chi connectivity index (χ4v) is 1.36. The van der Waals surface area contributed by atoms with E-state index in [0.717, 1.165) is 4.48 Å². The molecule has 1 aromatic rings. The largest absolute Gasteiger partial charge is 0.306 e. The molecular formula is C11H13BrFN. The first-order chi connectivity index (χ1) is 6.61. The van der Waals surface area contributed by atoms with Gasteiger partial charge in [-0.2, -0.15) is 0 Å². The first kappa shape index (κ1) is 11.4. The predicted octanol–water partition coefficient (Wildman–Crippen LogP) is 3.38. The summed E-state index contributed by atoms with van der Waals surface area (Å²) < 4.78 is 14.2. The van der Waals surface area contributed by atoms with Gasteiger partial charge in [0, 0.05) is 22.6 Å². The molecule has 1 atom stereocenters. The monoisotopic (exact) mass is 257 g/mol. The van der Waals surface area contributed by atoms with Crippen molar-refractivity contribution in [1.82, 2.24) is 5.32 Å². The van der Waals surface area contributed by atoms with E-state index in [0.29, 0.717) is 12.1 Å². The fourth-order valence-electron chi connectivity index (χ4n) is 1.20. The predicted molar refractivity (Wildman–Crippen MR) is 60.9 cm³/mol. The Bertz CT molecular complexity index is 325. The number of benzene rings is 1. The van der Waals surface area contributed by atoms with Crippen LogP contribution in [0.1, 0.15) is 18.5 Å². The van der Waals surface area contributed by atoms with Gasteiger partial charge >= 0.3 is 0 Å². The first-order valence-corrected chi connectivity index (χ1v) is 5.21. The molecule has 0 aliphatic rings. The first-order valence-electron chi connectivity index (χ1n) is 4.42. The van der Waals surface area contributed by atoms with Gasteiger partial charge in [0.15, 0.2) is 0 Å². The van der Waals surface area contributed by atoms with E-state index >= 15 is 0 Å². The van der Waals surface area contributed by atoms with Crippen molar-refractivity contribution in [2.75, 3.05) is 6.54 Å². The Kier molecular flexibility index (Phi) is 4.29. The van der Waals surface area contributed by atoms with E-state index < -0.39 is 0 Å². The minimum Gasteiger partial charge on any atom is -0.306 e. The molecule has 0 bridgehead atoms. The van der Waals surface area contributed by atoms with E-state index in [4.69, 9.17) is 0 Å². The highest BCUT2D eigenvalue weighted by molar-refractivity contribution is 9.11. The lowest BCUT2D eigenvalue weighted by atomic mass is 10.1. The summed E-state index contributed by atoms with van der Waals surface area (Å²) >= 11 is 3.24. The average molecular weight is 258 g/mol. The number of rotatable bonds is 4. The molecule has 0 fully saturated rings. The molecule has 14 heavy (non-hydrogen) atoms. The van der Waals surface area contributed by atoms with Crippen molar-refractivity contribution in [3.05, 3.63) is 46.7 Å². The second-order valence-corrected chi connectivity index (χ2v) is 4.26. The molecule has 0 saturated heterocycles. The summed E-state index contributed by atoms with van der Waals surface area (Å²) in [5.41, 5.74) is 0.682. The van der Waals surface area contributed by atoms with Gasteiger partial charge in [-0.25, -0.2) is 4.39 Å². The van der Waals surface area contributed by atoms with Crippen LogP contribution in [-0.4, -0.2) is 6.54 Å². The molecule has 0 aliphatic heterocycles. The summed E-state index contributed by atoms with van der Waals surface area (Å²) in [4.78, 5) is 0. The van der Waals surface area contributed by atoms with Crippen LogP contribution in [-0.2, 0) is 0 Å². The summed E-state index contributed by atoms with van der Waals surface area (Å²) in [6.07, 6.45) is 0. The summed E-state index contributed by atoms with van der Waals surface area (Å²) in [7, 11) is 0. The quantitative estimate of drug-likeness (QED) is 0.872. The average Bonchev–Trinajstić information content (AvgIpc) is 2.15. The van der Waals surface area contributed by atoms with Crippen LogP contribution in [0.4, 0.5) is 4.39 Å². The van der Waals surface area contributed by atoms with Gasteiger partial charge < -0.3 is 5.32 Å². The zero-order valence-corrected chi connectivity index (χ0v) is 9.64. The lowest BCUT2D eigenvalue weighted by Gasteiger charge is -2.14. The third-order valence-corrected chi connectivity index (χ3v) is 2.25. The van der Waals surface area contributed by atoms with Crippen molar-refractivity contribution in [1.29, 1.82) is 0 Å². The van der Waals surface area contributed by atoms with Crippen LogP contribution < -0.4 is 5.32 Å². The van der Waals surface area contributed by atoms with Crippen molar-refractivity contribution < 1.29 is 4.39 Å². The zero-order valence-electron chi connectivity index (χ0n) is 8.06. The number of hydrogen-bond acceptors (Lipinski definition) is 1. The Hall–Kier alpha value is -0.670. The molecule has 1 rings (SSSR count). The van der Waals surface area contributed by atoms with Crippen LogP contribution >= 0.6 is 15.9 Å². The molecule has 1 aromatic carbocycles. The Labute approximate surface area is 92.1 Å². The smallest absolute Gasteiger partial charge is 0.127 e. The molecule has 0 radical (unpaired) electrons. The van der Waals surface area contributed by atoms with Gasteiger partial charge in [-0.3, -0.25) is 0 Å². The van der Waals surface area contributed by atoms with E-state index in [2.05, 4.69) is 27.8 Å². The van der Waals surface area contributed by atoms with Gasteiger partial charge in [0.25, 0.3) is 0 Å². The molecule has 0 aromatic heterocycles. The number of nitrogens with one attached hydrogen (secondary N) is 1. The summed E-state index contributed by atoms with van der Waals surface area (Å²) in [5, 5.41) is 3.15. The van der Waals surface area contributed by atoms with E-state index in [1.54, 1.807) is 12.1 Å². The maximum atomic E-state index is 13.3. The Morgan fingerprint density at radius 2 is 2.21 bits per heavy atom. The van der Waals surface area contributed by atoms with Crippen LogP contribution in [0.3, 0.4) is 0 Å². The standard InChI is InChI=1S/C11H13BrFN/c1-8(12)7-14-9(2)10-5-3-4-6-11(10)13/h3-6,9,14H,1,7H2,2H3. The van der Waals surface area contributed by atoms with Crippen LogP contribution in [0, 0.1) is 5.82 Å². The van der Waals surface area contributed by atoms with Gasteiger partial charge in [0.05, 0.1) is 0 Å². The molecule has 0 aliphatic carbocycles. The van der Waals surface area contributed by atoms with E-state index in [1.807, 2.05) is 13.0 Å². The van der Waals surface area contributed by atoms with Crippen molar-refractivity contribution >= 4 is 15.9 Å². The topological polar surface area (TPSA) is 12.0 Å². The van der Waals surface area contributed by atoms with Gasteiger partial charge in [-0.15, -0.1) is 0 Å². The minimum atomic E-state index is -0.173. The van der Waals surface area contributed by atoms with Gasteiger partial charge in [-0.1, -0.05) is 40.7 Å². The second kappa shape index (κ2) is 5.27. The molecule has 76 valence electrons. The lowest BCUT2D eigenvalue weighted by molar-refractivity contribution is 0.548. The van der Waals surface area contributed by atoms with Crippen molar-refractivity contribution in [3.8, 4) is 0 Å². The van der Waals surface area contributed by atoms with Crippen molar-refractivity contribution in [2.45, 2.75) is 13.0 Å². The van der Waals surface area contributed by atoms with E-state index in [1.165, 1.54) is 6.07 Å². The third kappa shape index (κ3) is 3.24. The number of hydrogen-bond donors (Lipinski definition) is 1. The summed E-state index contributed by atoms with van der Waals surface area (Å²) in [5.74, 6) is -0.173. The van der Waals surface area contributed by atoms with Crippen molar-refractivity contribution in [3.63, 3.8) is 0 Å². The van der Waals surface area contributed by atoms with Crippen LogP contribution in [0.2, 0.25) is 0 Å². The van der Waals surface area contributed by atoms with Gasteiger partial charge in [0.1, 0.15) is 5.82 Å². The zero-order chi connectivity index (χ0) is 10.6. The maximum Gasteiger partial charge on any atom is 0.127 e. The molecular weight excluding hydrogens is 245 g/mol. The summed E-state index contributed by atoms with van der Waals surface area (Å²) in [6, 6.07) is 6.76. The Morgan fingerprint density at radius 3 is 2.79 bits per heavy atom. The highest BCUT2D eigenvalue weighted by Crippen LogP contribution is 2.16. The highest BCUT2D eigenvalue weighted by atomic mass is 79.9. The second-order valence-electron chi connectivity index (χ2n) is 3.14. The molecule has 1 unspecified atom stereocenters. The molecule has 0 amide bonds. The highest BCUT2D eigenvalue weighted by Gasteiger charge is 2.08. The molecule has 0 spiro atoms. The normalized spacial score (nSPS) is 12.5. The molecule has 1 nitrogen and oxygen atoms in total. The van der Waals surface area contributed by atoms with E-state index in [9.17, 15) is 4.39 Å². The van der Waals surface area contributed by atoms with E-state index in [-0.39, 0.29) is 11.9 Å². The fraction of sp³-hybridized carbons (Fsp3) is 0.273. The summed E-state index contributed by atoms with van der Waals surface area (Å²) in [6.45, 7) is 6.26. The van der Waals surface area contributed by atoms with Gasteiger partial charge in [-0.05, 0) is 13.0 Å².